The maximum Gasteiger partial charge on any atom is 0.230 e. The fourth-order valence-corrected chi connectivity index (χ4v) is 3.02. The second-order valence-electron chi connectivity index (χ2n) is 5.04. The van der Waals surface area contributed by atoms with Crippen molar-refractivity contribution in [3.8, 4) is 0 Å². The van der Waals surface area contributed by atoms with E-state index >= 15 is 0 Å². The summed E-state index contributed by atoms with van der Waals surface area (Å²) in [6.07, 6.45) is 4.26. The van der Waals surface area contributed by atoms with Crippen LogP contribution < -0.4 is 5.11 Å². The number of fused-ring (bicyclic) bond motifs is 1. The molecule has 2 aliphatic rings. The first-order chi connectivity index (χ1) is 7.15. The zero-order valence-corrected chi connectivity index (χ0v) is 9.44. The van der Waals surface area contributed by atoms with E-state index in [1.54, 1.807) is 0 Å². The van der Waals surface area contributed by atoms with Crippen molar-refractivity contribution in [2.75, 3.05) is 0 Å². The summed E-state index contributed by atoms with van der Waals surface area (Å²) in [4.78, 5) is 13.9. The average Bonchev–Trinajstić information content (AvgIpc) is 2.74. The number of carbonyl (C=O) groups is 1. The van der Waals surface area contributed by atoms with Gasteiger partial charge in [-0.2, -0.15) is 0 Å². The molecule has 1 aliphatic heterocycles. The van der Waals surface area contributed by atoms with Crippen LogP contribution >= 0.6 is 0 Å². The number of amides is 1. The van der Waals surface area contributed by atoms with E-state index in [4.69, 9.17) is 5.53 Å². The lowest BCUT2D eigenvalue weighted by Gasteiger charge is -2.27. The lowest BCUT2D eigenvalue weighted by molar-refractivity contribution is -0.547. The van der Waals surface area contributed by atoms with Crippen LogP contribution in [0.4, 0.5) is 0 Å². The van der Waals surface area contributed by atoms with Gasteiger partial charge < -0.3 is 10.6 Å². The predicted octanol–water partition coefficient (Wildman–Crippen LogP) is 0.472. The number of hydrogen-bond donors (Lipinski definition) is 1. The molecule has 2 fully saturated rings. The van der Waals surface area contributed by atoms with Crippen LogP contribution in [0.2, 0.25) is 0 Å². The number of nitrogens with one attached hydrogen (secondary N) is 1. The first kappa shape index (κ1) is 10.6. The minimum atomic E-state index is -0.157. The highest BCUT2D eigenvalue weighted by atomic mass is 16.2. The molecule has 4 nitrogen and oxygen atoms in total. The van der Waals surface area contributed by atoms with E-state index in [9.17, 15) is 4.79 Å². The number of carbonyl (C=O) groups excluding carboxylic acids is 1. The van der Waals surface area contributed by atoms with Crippen LogP contribution in [0.3, 0.4) is 0 Å². The third kappa shape index (κ3) is 1.66. The third-order valence-corrected chi connectivity index (χ3v) is 3.74. The van der Waals surface area contributed by atoms with Gasteiger partial charge >= 0.3 is 0 Å². The smallest absolute Gasteiger partial charge is 0.230 e. The molecule has 15 heavy (non-hydrogen) atoms. The van der Waals surface area contributed by atoms with E-state index in [0.29, 0.717) is 12.0 Å². The quantitative estimate of drug-likeness (QED) is 0.660. The van der Waals surface area contributed by atoms with E-state index in [2.05, 4.69) is 5.11 Å². The SMILES string of the molecule is CC(C)C(=O)N1C([NH+]=[N-])CC2CCCC21. The zero-order valence-electron chi connectivity index (χ0n) is 9.44. The minimum Gasteiger partial charge on any atom is -0.507 e. The Morgan fingerprint density at radius 1 is 1.47 bits per heavy atom. The van der Waals surface area contributed by atoms with Gasteiger partial charge in [-0.1, -0.05) is 20.3 Å². The Morgan fingerprint density at radius 2 is 2.20 bits per heavy atom. The molecule has 0 bridgehead atoms. The average molecular weight is 209 g/mol. The molecule has 1 saturated carbocycles. The molecule has 0 aromatic carbocycles. The van der Waals surface area contributed by atoms with E-state index < -0.39 is 0 Å². The highest BCUT2D eigenvalue weighted by Crippen LogP contribution is 2.39. The van der Waals surface area contributed by atoms with Crippen molar-refractivity contribution in [3.63, 3.8) is 0 Å². The van der Waals surface area contributed by atoms with E-state index in [0.717, 1.165) is 12.8 Å². The fraction of sp³-hybridized carbons (Fsp3) is 0.909. The minimum absolute atomic E-state index is 0.0141. The molecule has 84 valence electrons. The number of hydrogen-bond acceptors (Lipinski definition) is 1. The molecule has 3 atom stereocenters. The first-order valence-corrected chi connectivity index (χ1v) is 5.87. The van der Waals surface area contributed by atoms with Gasteiger partial charge in [0.05, 0.1) is 0 Å². The fourth-order valence-electron chi connectivity index (χ4n) is 3.02. The molecular weight excluding hydrogens is 190 g/mol. The summed E-state index contributed by atoms with van der Waals surface area (Å²) in [6, 6.07) is 0.365. The lowest BCUT2D eigenvalue weighted by atomic mass is 10.0. The monoisotopic (exact) mass is 209 g/mol. The summed E-state index contributed by atoms with van der Waals surface area (Å²) in [6.45, 7) is 3.83. The predicted molar refractivity (Wildman–Crippen MR) is 55.5 cm³/mol. The van der Waals surface area contributed by atoms with Crippen molar-refractivity contribution in [1.82, 2.24) is 4.90 Å². The van der Waals surface area contributed by atoms with Crippen molar-refractivity contribution >= 4 is 5.91 Å². The van der Waals surface area contributed by atoms with Crippen molar-refractivity contribution in [1.29, 1.82) is 0 Å². The first-order valence-electron chi connectivity index (χ1n) is 5.87. The second kappa shape index (κ2) is 3.91. The number of likely N-dealkylation sites (tertiary alicyclic amines) is 1. The zero-order chi connectivity index (χ0) is 11.0. The Hall–Kier alpha value is -0.930. The topological polar surface area (TPSA) is 56.6 Å². The van der Waals surface area contributed by atoms with E-state index in [-0.39, 0.29) is 18.0 Å². The highest BCUT2D eigenvalue weighted by Gasteiger charge is 2.47. The van der Waals surface area contributed by atoms with Crippen LogP contribution in [-0.2, 0) is 4.79 Å². The highest BCUT2D eigenvalue weighted by molar-refractivity contribution is 5.79. The van der Waals surface area contributed by atoms with Gasteiger partial charge in [-0.3, -0.25) is 9.69 Å². The van der Waals surface area contributed by atoms with Crippen LogP contribution in [0.25, 0.3) is 5.53 Å². The van der Waals surface area contributed by atoms with E-state index in [1.807, 2.05) is 18.7 Å². The standard InChI is InChI=1S/C11H19N3O/c1-7(2)11(15)14-9-5-3-4-8(9)6-10(14)13-12/h7-10,13H,3-6H2,1-2H3. The van der Waals surface area contributed by atoms with Gasteiger partial charge in [-0.15, -0.1) is 0 Å². The van der Waals surface area contributed by atoms with Crippen molar-refractivity contribution in [2.24, 2.45) is 11.8 Å². The number of nitrogens with zero attached hydrogens (tertiary/aromatic N) is 2. The summed E-state index contributed by atoms with van der Waals surface area (Å²) in [5, 5.41) is 2.28. The van der Waals surface area contributed by atoms with Crippen molar-refractivity contribution in [3.05, 3.63) is 5.53 Å². The molecule has 4 heteroatoms. The molecule has 1 amide bonds. The van der Waals surface area contributed by atoms with Gasteiger partial charge in [0, 0.05) is 18.4 Å². The Labute approximate surface area is 90.5 Å². The van der Waals surface area contributed by atoms with Gasteiger partial charge in [0.2, 0.25) is 12.1 Å². The molecule has 0 radical (unpaired) electrons. The van der Waals surface area contributed by atoms with Gasteiger partial charge in [0.1, 0.15) is 0 Å². The molecule has 3 unspecified atom stereocenters. The van der Waals surface area contributed by atoms with Crippen molar-refractivity contribution < 1.29 is 9.91 Å². The molecule has 1 N–H and O–H groups in total. The van der Waals surface area contributed by atoms with Gasteiger partial charge in [0.25, 0.3) is 0 Å². The Balaban J connectivity index is 2.18. The summed E-state index contributed by atoms with van der Waals surface area (Å²) in [5.41, 5.74) is 9.08. The van der Waals surface area contributed by atoms with Gasteiger partial charge in [-0.05, 0) is 18.8 Å². The van der Waals surface area contributed by atoms with Crippen LogP contribution in [0.1, 0.15) is 39.5 Å². The summed E-state index contributed by atoms with van der Waals surface area (Å²) in [7, 11) is 0. The maximum absolute atomic E-state index is 12.0. The summed E-state index contributed by atoms with van der Waals surface area (Å²) < 4.78 is 0. The van der Waals surface area contributed by atoms with Crippen LogP contribution in [0.15, 0.2) is 0 Å². The molecule has 0 aromatic heterocycles. The molecule has 0 spiro atoms. The van der Waals surface area contributed by atoms with Crippen LogP contribution in [0, 0.1) is 11.8 Å². The third-order valence-electron chi connectivity index (χ3n) is 3.74. The van der Waals surface area contributed by atoms with Crippen LogP contribution in [0.5, 0.6) is 0 Å². The van der Waals surface area contributed by atoms with Crippen molar-refractivity contribution in [2.45, 2.75) is 51.7 Å². The maximum atomic E-state index is 12.0. The Kier molecular flexibility index (Phi) is 2.76. The molecule has 1 heterocycles. The van der Waals surface area contributed by atoms with Gasteiger partial charge in [0.15, 0.2) is 0 Å². The molecule has 1 saturated heterocycles. The summed E-state index contributed by atoms with van der Waals surface area (Å²) in [5.74, 6) is 0.772. The molecule has 2 rings (SSSR count). The van der Waals surface area contributed by atoms with E-state index in [1.165, 1.54) is 12.8 Å². The Bertz CT molecular complexity index is 277. The molecular formula is C11H19N3O. The normalized spacial score (nSPS) is 34.6. The lowest BCUT2D eigenvalue weighted by Crippen LogP contribution is -2.77. The van der Waals surface area contributed by atoms with Crippen LogP contribution in [-0.4, -0.2) is 23.0 Å². The molecule has 0 aromatic rings. The largest absolute Gasteiger partial charge is 0.507 e. The Morgan fingerprint density at radius 3 is 2.80 bits per heavy atom. The second-order valence-corrected chi connectivity index (χ2v) is 5.04. The van der Waals surface area contributed by atoms with Gasteiger partial charge in [-0.25, -0.2) is 0 Å². The molecule has 1 aliphatic carbocycles. The summed E-state index contributed by atoms with van der Waals surface area (Å²) >= 11 is 0. The number of rotatable bonds is 2.